The third kappa shape index (κ3) is 3.90. The molecular formula is C17H24N4O3. The number of nitrogens with zero attached hydrogens (tertiary/aromatic N) is 2. The molecule has 1 aromatic rings. The largest absolute Gasteiger partial charge is 0.355 e. The summed E-state index contributed by atoms with van der Waals surface area (Å²) < 4.78 is 0. The molecule has 2 heterocycles. The fourth-order valence-electron chi connectivity index (χ4n) is 2.65. The van der Waals surface area contributed by atoms with E-state index in [1.807, 2.05) is 0 Å². The molecule has 0 aliphatic carbocycles. The molecule has 0 radical (unpaired) electrons. The number of urea groups is 1. The normalized spacial score (nSPS) is 20.2. The van der Waals surface area contributed by atoms with Crippen LogP contribution in [0, 0.1) is 0 Å². The van der Waals surface area contributed by atoms with E-state index in [0.717, 1.165) is 30.6 Å². The van der Waals surface area contributed by atoms with Crippen LogP contribution in [0.15, 0.2) is 24.4 Å². The van der Waals surface area contributed by atoms with Crippen LogP contribution in [0.1, 0.15) is 45.2 Å². The van der Waals surface area contributed by atoms with Crippen LogP contribution in [-0.2, 0) is 15.1 Å². The second kappa shape index (κ2) is 7.90. The van der Waals surface area contributed by atoms with E-state index in [1.54, 1.807) is 31.3 Å². The Kier molecular flexibility index (Phi) is 5.89. The van der Waals surface area contributed by atoms with Crippen molar-refractivity contribution in [2.45, 2.75) is 45.1 Å². The molecular weight excluding hydrogens is 308 g/mol. The molecule has 130 valence electrons. The van der Waals surface area contributed by atoms with Gasteiger partial charge in [0, 0.05) is 12.7 Å². The lowest BCUT2D eigenvalue weighted by Gasteiger charge is -2.20. The van der Waals surface area contributed by atoms with Crippen LogP contribution in [-0.4, -0.2) is 40.8 Å². The number of carbonyl (C=O) groups excluding carboxylic acids is 3. The van der Waals surface area contributed by atoms with Crippen molar-refractivity contribution in [3.63, 3.8) is 0 Å². The van der Waals surface area contributed by atoms with Crippen molar-refractivity contribution in [1.29, 1.82) is 0 Å². The lowest BCUT2D eigenvalue weighted by molar-refractivity contribution is -0.134. The molecule has 1 saturated heterocycles. The molecule has 0 aromatic carbocycles. The van der Waals surface area contributed by atoms with Gasteiger partial charge in [-0.2, -0.15) is 0 Å². The van der Waals surface area contributed by atoms with Gasteiger partial charge < -0.3 is 10.6 Å². The minimum Gasteiger partial charge on any atom is -0.355 e. The topological polar surface area (TPSA) is 91.4 Å². The van der Waals surface area contributed by atoms with Crippen LogP contribution < -0.4 is 10.6 Å². The van der Waals surface area contributed by atoms with Crippen LogP contribution in [0.5, 0.6) is 0 Å². The van der Waals surface area contributed by atoms with Gasteiger partial charge in [0.05, 0.1) is 5.69 Å². The Bertz CT molecular complexity index is 605. The molecule has 0 saturated carbocycles. The van der Waals surface area contributed by atoms with Gasteiger partial charge in [-0.3, -0.25) is 19.5 Å². The molecule has 1 unspecified atom stereocenters. The van der Waals surface area contributed by atoms with Crippen molar-refractivity contribution in [3.8, 4) is 0 Å². The number of unbranched alkanes of at least 4 members (excludes halogenated alkanes) is 3. The highest BCUT2D eigenvalue weighted by atomic mass is 16.2. The molecule has 0 spiro atoms. The van der Waals surface area contributed by atoms with Gasteiger partial charge in [0.15, 0.2) is 5.54 Å². The monoisotopic (exact) mass is 332 g/mol. The van der Waals surface area contributed by atoms with Crippen molar-refractivity contribution in [2.75, 3.05) is 13.1 Å². The zero-order valence-corrected chi connectivity index (χ0v) is 14.2. The van der Waals surface area contributed by atoms with Crippen molar-refractivity contribution in [3.05, 3.63) is 30.1 Å². The predicted molar refractivity (Wildman–Crippen MR) is 89.0 cm³/mol. The molecule has 7 nitrogen and oxygen atoms in total. The smallest absolute Gasteiger partial charge is 0.325 e. The molecule has 1 aliphatic rings. The van der Waals surface area contributed by atoms with Gasteiger partial charge in [0.25, 0.3) is 5.91 Å². The Morgan fingerprint density at radius 2 is 2.08 bits per heavy atom. The fraction of sp³-hybridized carbons (Fsp3) is 0.529. The highest BCUT2D eigenvalue weighted by Crippen LogP contribution is 2.26. The molecule has 24 heavy (non-hydrogen) atoms. The maximum Gasteiger partial charge on any atom is 0.325 e. The minimum atomic E-state index is -1.24. The fourth-order valence-corrected chi connectivity index (χ4v) is 2.65. The second-order valence-electron chi connectivity index (χ2n) is 6.07. The first-order chi connectivity index (χ1) is 11.5. The summed E-state index contributed by atoms with van der Waals surface area (Å²) >= 11 is 0. The minimum absolute atomic E-state index is 0.277. The number of rotatable bonds is 8. The highest BCUT2D eigenvalue weighted by molar-refractivity contribution is 6.08. The molecule has 2 rings (SSSR count). The summed E-state index contributed by atoms with van der Waals surface area (Å²) in [5.41, 5.74) is -0.787. The molecule has 0 bridgehead atoms. The first kappa shape index (κ1) is 17.9. The van der Waals surface area contributed by atoms with Gasteiger partial charge in [-0.15, -0.1) is 0 Å². The van der Waals surface area contributed by atoms with Gasteiger partial charge in [0.1, 0.15) is 6.54 Å². The molecule has 1 aromatic heterocycles. The van der Waals surface area contributed by atoms with Gasteiger partial charge >= 0.3 is 6.03 Å². The zero-order valence-electron chi connectivity index (χ0n) is 14.2. The number of pyridine rings is 1. The number of aromatic nitrogens is 1. The Hall–Kier alpha value is -2.44. The van der Waals surface area contributed by atoms with Gasteiger partial charge in [0.2, 0.25) is 5.91 Å². The van der Waals surface area contributed by atoms with Crippen LogP contribution in [0.4, 0.5) is 4.79 Å². The van der Waals surface area contributed by atoms with Crippen LogP contribution in [0.3, 0.4) is 0 Å². The van der Waals surface area contributed by atoms with Crippen molar-refractivity contribution in [2.24, 2.45) is 0 Å². The SMILES string of the molecule is CCCCCCNC(=O)CN1C(=O)NC(C)(c2ccccn2)C1=O. The Labute approximate surface area is 141 Å². The Morgan fingerprint density at radius 3 is 2.75 bits per heavy atom. The number of carbonyl (C=O) groups is 3. The van der Waals surface area contributed by atoms with E-state index in [0.29, 0.717) is 12.2 Å². The maximum atomic E-state index is 12.6. The van der Waals surface area contributed by atoms with E-state index in [9.17, 15) is 14.4 Å². The molecule has 7 heteroatoms. The number of nitrogens with one attached hydrogen (secondary N) is 2. The second-order valence-corrected chi connectivity index (χ2v) is 6.07. The molecule has 1 aliphatic heterocycles. The average molecular weight is 332 g/mol. The lowest BCUT2D eigenvalue weighted by atomic mass is 9.97. The summed E-state index contributed by atoms with van der Waals surface area (Å²) in [7, 11) is 0. The average Bonchev–Trinajstić information content (AvgIpc) is 2.80. The highest BCUT2D eigenvalue weighted by Gasteiger charge is 2.50. The molecule has 2 N–H and O–H groups in total. The van der Waals surface area contributed by atoms with E-state index in [4.69, 9.17) is 0 Å². The Morgan fingerprint density at radius 1 is 1.29 bits per heavy atom. The van der Waals surface area contributed by atoms with Gasteiger partial charge in [-0.25, -0.2) is 4.79 Å². The predicted octanol–water partition coefficient (Wildman–Crippen LogP) is 1.55. The number of hydrogen-bond acceptors (Lipinski definition) is 4. The summed E-state index contributed by atoms with van der Waals surface area (Å²) in [5, 5.41) is 5.38. The summed E-state index contributed by atoms with van der Waals surface area (Å²) in [5.74, 6) is -0.799. The number of amides is 4. The third-order valence-corrected chi connectivity index (χ3v) is 4.11. The maximum absolute atomic E-state index is 12.6. The molecule has 1 atom stereocenters. The Balaban J connectivity index is 1.93. The van der Waals surface area contributed by atoms with E-state index in [2.05, 4.69) is 22.5 Å². The summed E-state index contributed by atoms with van der Waals surface area (Å²) in [6.45, 7) is 3.99. The standard InChI is InChI=1S/C17H24N4O3/c1-3-4-5-7-11-19-14(22)12-21-15(23)17(2,20-16(21)24)13-9-6-8-10-18-13/h6,8-10H,3-5,7,11-12H2,1-2H3,(H,19,22)(H,20,24). The summed E-state index contributed by atoms with van der Waals surface area (Å²) in [6, 6.07) is 4.58. The van der Waals surface area contributed by atoms with Crippen LogP contribution >= 0.6 is 0 Å². The molecule has 1 fully saturated rings. The number of imide groups is 1. The van der Waals surface area contributed by atoms with Crippen molar-refractivity contribution < 1.29 is 14.4 Å². The summed E-state index contributed by atoms with van der Waals surface area (Å²) in [4.78, 5) is 41.8. The first-order valence-corrected chi connectivity index (χ1v) is 8.31. The van der Waals surface area contributed by atoms with Gasteiger partial charge in [-0.05, 0) is 25.5 Å². The quantitative estimate of drug-likeness (QED) is 0.558. The van der Waals surface area contributed by atoms with Crippen LogP contribution in [0.25, 0.3) is 0 Å². The first-order valence-electron chi connectivity index (χ1n) is 8.31. The van der Waals surface area contributed by atoms with E-state index < -0.39 is 17.5 Å². The number of hydrogen-bond donors (Lipinski definition) is 2. The molecule has 4 amide bonds. The van der Waals surface area contributed by atoms with Crippen molar-refractivity contribution >= 4 is 17.8 Å². The van der Waals surface area contributed by atoms with E-state index in [1.165, 1.54) is 0 Å². The van der Waals surface area contributed by atoms with E-state index >= 15 is 0 Å². The van der Waals surface area contributed by atoms with Crippen molar-refractivity contribution in [1.82, 2.24) is 20.5 Å². The summed E-state index contributed by atoms with van der Waals surface area (Å²) in [6.07, 6.45) is 5.77. The van der Waals surface area contributed by atoms with Crippen LogP contribution in [0.2, 0.25) is 0 Å². The van der Waals surface area contributed by atoms with Gasteiger partial charge in [-0.1, -0.05) is 32.3 Å². The zero-order chi connectivity index (χ0) is 17.6. The van der Waals surface area contributed by atoms with E-state index in [-0.39, 0.29) is 12.5 Å². The third-order valence-electron chi connectivity index (χ3n) is 4.11. The lowest BCUT2D eigenvalue weighted by Crippen LogP contribution is -2.43.